The zero-order valence-corrected chi connectivity index (χ0v) is 13.5. The normalized spacial score (nSPS) is 12.9. The number of hydrogen-bond donors (Lipinski definition) is 3. The highest BCUT2D eigenvalue weighted by atomic mass is 32.1. The fourth-order valence-electron chi connectivity index (χ4n) is 2.31. The second-order valence-electron chi connectivity index (χ2n) is 5.57. The van der Waals surface area contributed by atoms with Crippen molar-refractivity contribution in [3.63, 3.8) is 0 Å². The van der Waals surface area contributed by atoms with E-state index in [4.69, 9.17) is 5.73 Å². The number of pyridine rings is 1. The van der Waals surface area contributed by atoms with E-state index in [9.17, 15) is 9.90 Å². The van der Waals surface area contributed by atoms with E-state index in [-0.39, 0.29) is 24.5 Å². The molecular weight excluding hydrogens is 286 g/mol. The van der Waals surface area contributed by atoms with Crippen LogP contribution < -0.4 is 11.1 Å². The van der Waals surface area contributed by atoms with Crippen molar-refractivity contribution >= 4 is 33.0 Å². The molecule has 0 saturated carbocycles. The van der Waals surface area contributed by atoms with Gasteiger partial charge in [-0.2, -0.15) is 0 Å². The number of aromatic nitrogens is 1. The van der Waals surface area contributed by atoms with Gasteiger partial charge in [-0.1, -0.05) is 13.8 Å². The number of thiophene rings is 1. The first-order valence-electron chi connectivity index (χ1n) is 6.93. The van der Waals surface area contributed by atoms with Crippen LogP contribution in [0.4, 0.5) is 5.69 Å². The van der Waals surface area contributed by atoms with E-state index in [1.807, 2.05) is 33.8 Å². The number of aliphatic hydroxyl groups is 1. The number of nitrogen functional groups attached to an aromatic ring is 1. The minimum Gasteiger partial charge on any atom is -0.397 e. The number of hydrogen-bond acceptors (Lipinski definition) is 5. The maximum Gasteiger partial charge on any atom is 0.263 e. The zero-order chi connectivity index (χ0) is 15.7. The maximum atomic E-state index is 12.4. The molecule has 0 fully saturated rings. The van der Waals surface area contributed by atoms with Gasteiger partial charge < -0.3 is 16.2 Å². The molecule has 21 heavy (non-hydrogen) atoms. The maximum absolute atomic E-state index is 12.4. The largest absolute Gasteiger partial charge is 0.397 e. The Morgan fingerprint density at radius 3 is 2.71 bits per heavy atom. The van der Waals surface area contributed by atoms with E-state index in [1.54, 1.807) is 0 Å². The topological polar surface area (TPSA) is 88.2 Å². The van der Waals surface area contributed by atoms with Gasteiger partial charge in [0.25, 0.3) is 5.91 Å². The van der Waals surface area contributed by atoms with Crippen LogP contribution in [0.5, 0.6) is 0 Å². The third kappa shape index (κ3) is 3.01. The molecule has 5 nitrogen and oxygen atoms in total. The quantitative estimate of drug-likeness (QED) is 0.808. The fraction of sp³-hybridized carbons (Fsp3) is 0.467. The fourth-order valence-corrected chi connectivity index (χ4v) is 3.48. The molecule has 114 valence electrons. The van der Waals surface area contributed by atoms with Crippen molar-refractivity contribution in [3.8, 4) is 0 Å². The molecule has 1 amide bonds. The number of rotatable bonds is 4. The van der Waals surface area contributed by atoms with Gasteiger partial charge in [-0.05, 0) is 25.8 Å². The number of nitrogens with one attached hydrogen (secondary N) is 1. The Hall–Kier alpha value is -1.66. The first kappa shape index (κ1) is 15.7. The van der Waals surface area contributed by atoms with E-state index >= 15 is 0 Å². The smallest absolute Gasteiger partial charge is 0.263 e. The lowest BCUT2D eigenvalue weighted by Gasteiger charge is -2.19. The third-order valence-corrected chi connectivity index (χ3v) is 4.69. The summed E-state index contributed by atoms with van der Waals surface area (Å²) in [6.45, 7) is 7.63. The van der Waals surface area contributed by atoms with Gasteiger partial charge in [0.15, 0.2) is 0 Å². The first-order chi connectivity index (χ1) is 9.85. The molecule has 1 atom stereocenters. The van der Waals surface area contributed by atoms with Crippen LogP contribution in [0.15, 0.2) is 6.07 Å². The molecule has 0 bridgehead atoms. The zero-order valence-electron chi connectivity index (χ0n) is 12.7. The Kier molecular flexibility index (Phi) is 4.49. The van der Waals surface area contributed by atoms with Crippen LogP contribution in [-0.2, 0) is 0 Å². The third-order valence-electron chi connectivity index (χ3n) is 3.54. The Morgan fingerprint density at radius 2 is 2.14 bits per heavy atom. The molecular formula is C15H21N3O2S. The average Bonchev–Trinajstić information content (AvgIpc) is 2.72. The van der Waals surface area contributed by atoms with E-state index in [1.165, 1.54) is 11.3 Å². The van der Waals surface area contributed by atoms with Crippen LogP contribution in [0.25, 0.3) is 10.1 Å². The number of nitrogens with two attached hydrogens (primary N) is 1. The molecule has 2 heterocycles. The molecule has 0 aromatic carbocycles. The average molecular weight is 307 g/mol. The molecule has 0 radical (unpaired) electrons. The molecule has 0 aliphatic rings. The van der Waals surface area contributed by atoms with E-state index in [0.717, 1.165) is 21.5 Å². The predicted molar refractivity (Wildman–Crippen MR) is 86.7 cm³/mol. The summed E-state index contributed by atoms with van der Waals surface area (Å²) in [6, 6.07) is 1.66. The van der Waals surface area contributed by atoms with Gasteiger partial charge in [-0.3, -0.25) is 9.78 Å². The molecule has 6 heteroatoms. The minimum atomic E-state index is -0.275. The first-order valence-corrected chi connectivity index (χ1v) is 7.74. The Labute approximate surface area is 128 Å². The van der Waals surface area contributed by atoms with E-state index < -0.39 is 0 Å². The molecule has 1 unspecified atom stereocenters. The van der Waals surface area contributed by atoms with Crippen molar-refractivity contribution in [2.24, 2.45) is 5.92 Å². The summed E-state index contributed by atoms with van der Waals surface area (Å²) in [7, 11) is 0. The van der Waals surface area contributed by atoms with Crippen molar-refractivity contribution in [2.45, 2.75) is 33.7 Å². The molecule has 2 aromatic heterocycles. The van der Waals surface area contributed by atoms with Gasteiger partial charge in [0.1, 0.15) is 4.88 Å². The summed E-state index contributed by atoms with van der Waals surface area (Å²) < 4.78 is 0.966. The van der Waals surface area contributed by atoms with E-state index in [0.29, 0.717) is 10.6 Å². The Bertz CT molecular complexity index is 679. The molecule has 2 rings (SSSR count). The van der Waals surface area contributed by atoms with Crippen LogP contribution in [0.2, 0.25) is 0 Å². The minimum absolute atomic E-state index is 0.0894. The summed E-state index contributed by atoms with van der Waals surface area (Å²) in [5, 5.41) is 13.0. The Balaban J connectivity index is 2.41. The van der Waals surface area contributed by atoms with Crippen molar-refractivity contribution in [1.29, 1.82) is 0 Å². The second kappa shape index (κ2) is 5.99. The number of aliphatic hydroxyl groups excluding tert-OH is 1. The summed E-state index contributed by atoms with van der Waals surface area (Å²) in [5.74, 6) is -0.0845. The van der Waals surface area contributed by atoms with Crippen molar-refractivity contribution < 1.29 is 9.90 Å². The van der Waals surface area contributed by atoms with Gasteiger partial charge >= 0.3 is 0 Å². The summed E-state index contributed by atoms with van der Waals surface area (Å²) in [4.78, 5) is 17.3. The monoisotopic (exact) mass is 307 g/mol. The predicted octanol–water partition coefficient (Wildman–Crippen LogP) is 2.24. The summed E-state index contributed by atoms with van der Waals surface area (Å²) in [6.07, 6.45) is 0. The highest BCUT2D eigenvalue weighted by molar-refractivity contribution is 7.21. The number of anilines is 1. The highest BCUT2D eigenvalue weighted by Crippen LogP contribution is 2.35. The molecule has 2 aromatic rings. The van der Waals surface area contributed by atoms with Crippen molar-refractivity contribution in [3.05, 3.63) is 22.3 Å². The number of carbonyl (C=O) groups excluding carboxylic acids is 1. The Morgan fingerprint density at radius 1 is 1.48 bits per heavy atom. The molecule has 0 aliphatic heterocycles. The number of carbonyl (C=O) groups is 1. The van der Waals surface area contributed by atoms with Gasteiger partial charge in [0.05, 0.1) is 18.3 Å². The summed E-state index contributed by atoms with van der Waals surface area (Å²) >= 11 is 1.37. The highest BCUT2D eigenvalue weighted by Gasteiger charge is 2.22. The molecule has 4 N–H and O–H groups in total. The van der Waals surface area contributed by atoms with Crippen LogP contribution in [0.1, 0.15) is 34.9 Å². The van der Waals surface area contributed by atoms with Gasteiger partial charge in [-0.25, -0.2) is 0 Å². The van der Waals surface area contributed by atoms with Gasteiger partial charge in [0, 0.05) is 21.5 Å². The lowest BCUT2D eigenvalue weighted by atomic mass is 10.1. The number of nitrogens with zero attached hydrogens (tertiary/aromatic N) is 1. The number of fused-ring (bicyclic) bond motifs is 1. The number of amides is 1. The van der Waals surface area contributed by atoms with Crippen LogP contribution >= 0.6 is 11.3 Å². The summed E-state index contributed by atoms with van der Waals surface area (Å²) in [5.41, 5.74) is 8.34. The van der Waals surface area contributed by atoms with Crippen LogP contribution in [0, 0.1) is 19.8 Å². The van der Waals surface area contributed by atoms with Gasteiger partial charge in [0.2, 0.25) is 0 Å². The lowest BCUT2D eigenvalue weighted by Crippen LogP contribution is -2.41. The van der Waals surface area contributed by atoms with Crippen LogP contribution in [-0.4, -0.2) is 28.6 Å². The number of aryl methyl sites for hydroxylation is 2. The van der Waals surface area contributed by atoms with Crippen molar-refractivity contribution in [1.82, 2.24) is 10.3 Å². The molecule has 0 aliphatic carbocycles. The van der Waals surface area contributed by atoms with Crippen LogP contribution in [0.3, 0.4) is 0 Å². The SMILES string of the molecule is Cc1cc2sc(C(=O)NC(CO)C(C)C)c(N)c2c(C)n1. The van der Waals surface area contributed by atoms with E-state index in [2.05, 4.69) is 10.3 Å². The second-order valence-corrected chi connectivity index (χ2v) is 6.63. The van der Waals surface area contributed by atoms with Gasteiger partial charge in [-0.15, -0.1) is 11.3 Å². The lowest BCUT2D eigenvalue weighted by molar-refractivity contribution is 0.0902. The molecule has 0 spiro atoms. The van der Waals surface area contributed by atoms with Crippen molar-refractivity contribution in [2.75, 3.05) is 12.3 Å². The molecule has 0 saturated heterocycles. The standard InChI is InChI=1S/C15H21N3O2S/c1-7(2)10(6-19)18-15(20)14-13(16)12-9(4)17-8(3)5-11(12)21-14/h5,7,10,19H,6,16H2,1-4H3,(H,18,20).